The molecular formula is C20H20BrFN4OS. The Morgan fingerprint density at radius 3 is 2.68 bits per heavy atom. The zero-order valence-corrected chi connectivity index (χ0v) is 18.1. The Hall–Kier alpha value is -2.06. The van der Waals surface area contributed by atoms with E-state index >= 15 is 0 Å². The van der Waals surface area contributed by atoms with Gasteiger partial charge in [-0.25, -0.2) is 14.4 Å². The Morgan fingerprint density at radius 2 is 1.96 bits per heavy atom. The van der Waals surface area contributed by atoms with Gasteiger partial charge in [0.25, 0.3) is 5.91 Å². The van der Waals surface area contributed by atoms with Crippen LogP contribution in [0.15, 0.2) is 22.7 Å². The molecule has 0 spiro atoms. The van der Waals surface area contributed by atoms with E-state index in [2.05, 4.69) is 31.1 Å². The highest BCUT2D eigenvalue weighted by atomic mass is 79.9. The Morgan fingerprint density at radius 1 is 1.21 bits per heavy atom. The molecule has 3 aromatic rings. The number of rotatable bonds is 3. The predicted molar refractivity (Wildman–Crippen MR) is 115 cm³/mol. The van der Waals surface area contributed by atoms with Crippen molar-refractivity contribution in [3.63, 3.8) is 0 Å². The van der Waals surface area contributed by atoms with Crippen LogP contribution >= 0.6 is 27.3 Å². The zero-order chi connectivity index (χ0) is 19.8. The number of aryl methyl sites for hydroxylation is 2. The molecule has 1 aliphatic rings. The number of carbonyl (C=O) groups is 1. The molecule has 28 heavy (non-hydrogen) atoms. The number of nitrogens with zero attached hydrogens (tertiary/aromatic N) is 3. The van der Waals surface area contributed by atoms with Gasteiger partial charge in [-0.2, -0.15) is 0 Å². The van der Waals surface area contributed by atoms with Crippen molar-refractivity contribution in [2.24, 2.45) is 0 Å². The highest BCUT2D eigenvalue weighted by molar-refractivity contribution is 9.10. The van der Waals surface area contributed by atoms with Crippen LogP contribution in [-0.2, 0) is 0 Å². The smallest absolute Gasteiger partial charge is 0.266 e. The maximum absolute atomic E-state index is 14.1. The summed E-state index contributed by atoms with van der Waals surface area (Å²) in [6.45, 7) is 5.72. The van der Waals surface area contributed by atoms with Gasteiger partial charge in [0, 0.05) is 17.6 Å². The fourth-order valence-electron chi connectivity index (χ4n) is 3.54. The lowest BCUT2D eigenvalue weighted by atomic mass is 10.1. The number of nitrogens with one attached hydrogen (secondary N) is 1. The summed E-state index contributed by atoms with van der Waals surface area (Å²) >= 11 is 4.56. The van der Waals surface area contributed by atoms with Gasteiger partial charge in [0.05, 0.1) is 16.0 Å². The molecule has 4 rings (SSSR count). The fourth-order valence-corrected chi connectivity index (χ4v) is 4.99. The Labute approximate surface area is 175 Å². The number of amides is 1. The third kappa shape index (κ3) is 3.63. The quantitative estimate of drug-likeness (QED) is 0.561. The first-order chi connectivity index (χ1) is 13.4. The lowest BCUT2D eigenvalue weighted by molar-refractivity contribution is 0.102. The molecule has 0 radical (unpaired) electrons. The van der Waals surface area contributed by atoms with E-state index in [1.807, 2.05) is 13.8 Å². The molecule has 0 atom stereocenters. The number of piperidine rings is 1. The molecule has 0 unspecified atom stereocenters. The molecule has 5 nitrogen and oxygen atoms in total. The van der Waals surface area contributed by atoms with Crippen LogP contribution in [-0.4, -0.2) is 29.0 Å². The first kappa shape index (κ1) is 19.3. The minimum Gasteiger partial charge on any atom is -0.356 e. The third-order valence-corrected chi connectivity index (χ3v) is 6.60. The van der Waals surface area contributed by atoms with Crippen LogP contribution in [0.4, 0.5) is 15.9 Å². The number of halogens is 2. The van der Waals surface area contributed by atoms with Crippen molar-refractivity contribution in [3.05, 3.63) is 44.8 Å². The van der Waals surface area contributed by atoms with E-state index < -0.39 is 5.82 Å². The standard InChI is InChI=1S/C20H20BrFN4OS/c1-11-16-18(26-8-4-3-5-9-26)23-12(2)24-20(16)28-17(11)19(27)25-15-7-6-13(21)10-14(15)22/h6-7,10H,3-5,8-9H2,1-2H3,(H,25,27). The third-order valence-electron chi connectivity index (χ3n) is 4.92. The van der Waals surface area contributed by atoms with Crippen LogP contribution in [0.1, 0.15) is 40.3 Å². The summed E-state index contributed by atoms with van der Waals surface area (Å²) < 4.78 is 14.7. The normalized spacial score (nSPS) is 14.5. The summed E-state index contributed by atoms with van der Waals surface area (Å²) in [7, 11) is 0. The van der Waals surface area contributed by atoms with E-state index in [1.165, 1.54) is 23.8 Å². The number of aromatic nitrogens is 2. The molecule has 2 aromatic heterocycles. The van der Waals surface area contributed by atoms with E-state index in [0.29, 0.717) is 15.2 Å². The molecule has 1 aliphatic heterocycles. The van der Waals surface area contributed by atoms with Gasteiger partial charge < -0.3 is 10.2 Å². The second kappa shape index (κ2) is 7.75. The number of fused-ring (bicyclic) bond motifs is 1. The van der Waals surface area contributed by atoms with Gasteiger partial charge in [0.15, 0.2) is 0 Å². The van der Waals surface area contributed by atoms with E-state index in [1.54, 1.807) is 12.1 Å². The van der Waals surface area contributed by atoms with Gasteiger partial charge in [-0.05, 0) is 56.9 Å². The number of hydrogen-bond acceptors (Lipinski definition) is 5. The Kier molecular flexibility index (Phi) is 5.33. The highest BCUT2D eigenvalue weighted by Gasteiger charge is 2.24. The number of anilines is 2. The average molecular weight is 463 g/mol. The lowest BCUT2D eigenvalue weighted by Crippen LogP contribution is -2.30. The van der Waals surface area contributed by atoms with E-state index in [0.717, 1.165) is 47.5 Å². The second-order valence-corrected chi connectivity index (χ2v) is 8.87. The number of carbonyl (C=O) groups excluding carboxylic acids is 1. The number of thiophene rings is 1. The van der Waals surface area contributed by atoms with Crippen LogP contribution in [0, 0.1) is 19.7 Å². The fraction of sp³-hybridized carbons (Fsp3) is 0.350. The van der Waals surface area contributed by atoms with Gasteiger partial charge in [-0.15, -0.1) is 11.3 Å². The molecule has 8 heteroatoms. The number of hydrogen-bond donors (Lipinski definition) is 1. The van der Waals surface area contributed by atoms with Crippen molar-refractivity contribution >= 4 is 54.9 Å². The van der Waals surface area contributed by atoms with Crippen LogP contribution in [0.25, 0.3) is 10.2 Å². The first-order valence-corrected chi connectivity index (χ1v) is 10.8. The Bertz CT molecular complexity index is 1060. The first-order valence-electron chi connectivity index (χ1n) is 9.23. The van der Waals surface area contributed by atoms with Gasteiger partial charge in [0.1, 0.15) is 22.3 Å². The summed E-state index contributed by atoms with van der Waals surface area (Å²) in [5, 5.41) is 3.61. The molecule has 0 aliphatic carbocycles. The minimum absolute atomic E-state index is 0.156. The van der Waals surface area contributed by atoms with Crippen molar-refractivity contribution in [1.29, 1.82) is 0 Å². The maximum Gasteiger partial charge on any atom is 0.266 e. The van der Waals surface area contributed by atoms with Gasteiger partial charge in [-0.3, -0.25) is 4.79 Å². The molecule has 3 heterocycles. The topological polar surface area (TPSA) is 58.1 Å². The molecule has 1 N–H and O–H groups in total. The second-order valence-electron chi connectivity index (χ2n) is 6.96. The molecule has 1 saturated heterocycles. The van der Waals surface area contributed by atoms with E-state index in [9.17, 15) is 9.18 Å². The summed E-state index contributed by atoms with van der Waals surface area (Å²) in [5.74, 6) is 0.792. The van der Waals surface area contributed by atoms with Crippen LogP contribution < -0.4 is 10.2 Å². The molecule has 1 aromatic carbocycles. The van der Waals surface area contributed by atoms with Gasteiger partial charge >= 0.3 is 0 Å². The van der Waals surface area contributed by atoms with Crippen LogP contribution in [0.2, 0.25) is 0 Å². The predicted octanol–water partition coefficient (Wildman–Crippen LogP) is 5.45. The van der Waals surface area contributed by atoms with Crippen molar-refractivity contribution in [1.82, 2.24) is 9.97 Å². The van der Waals surface area contributed by atoms with Gasteiger partial charge in [0.2, 0.25) is 0 Å². The zero-order valence-electron chi connectivity index (χ0n) is 15.7. The molecule has 1 fully saturated rings. The minimum atomic E-state index is -0.480. The maximum atomic E-state index is 14.1. The van der Waals surface area contributed by atoms with E-state index in [-0.39, 0.29) is 11.6 Å². The molecule has 1 amide bonds. The number of benzene rings is 1. The van der Waals surface area contributed by atoms with Crippen LogP contribution in [0.5, 0.6) is 0 Å². The molecule has 146 valence electrons. The lowest BCUT2D eigenvalue weighted by Gasteiger charge is -2.28. The molecule has 0 saturated carbocycles. The van der Waals surface area contributed by atoms with Crippen molar-refractivity contribution < 1.29 is 9.18 Å². The van der Waals surface area contributed by atoms with Crippen LogP contribution in [0.3, 0.4) is 0 Å². The largest absolute Gasteiger partial charge is 0.356 e. The summed E-state index contributed by atoms with van der Waals surface area (Å²) in [6, 6.07) is 4.57. The summed E-state index contributed by atoms with van der Waals surface area (Å²) in [5.41, 5.74) is 0.999. The summed E-state index contributed by atoms with van der Waals surface area (Å²) in [4.78, 5) is 25.7. The van der Waals surface area contributed by atoms with Crippen molar-refractivity contribution in [2.75, 3.05) is 23.3 Å². The Balaban J connectivity index is 1.73. The molecule has 0 bridgehead atoms. The highest BCUT2D eigenvalue weighted by Crippen LogP contribution is 2.36. The molecular weight excluding hydrogens is 443 g/mol. The van der Waals surface area contributed by atoms with Crippen molar-refractivity contribution in [2.45, 2.75) is 33.1 Å². The monoisotopic (exact) mass is 462 g/mol. The van der Waals surface area contributed by atoms with Gasteiger partial charge in [-0.1, -0.05) is 15.9 Å². The van der Waals surface area contributed by atoms with E-state index in [4.69, 9.17) is 4.98 Å². The summed E-state index contributed by atoms with van der Waals surface area (Å²) in [6.07, 6.45) is 3.52. The average Bonchev–Trinajstić information content (AvgIpc) is 3.00. The van der Waals surface area contributed by atoms with Crippen molar-refractivity contribution in [3.8, 4) is 0 Å². The SMILES string of the molecule is Cc1nc(N2CCCCC2)c2c(C)c(C(=O)Nc3ccc(Br)cc3F)sc2n1.